The van der Waals surface area contributed by atoms with Crippen molar-refractivity contribution in [3.63, 3.8) is 0 Å². The second-order valence-corrected chi connectivity index (χ2v) is 10.7. The predicted molar refractivity (Wildman–Crippen MR) is 158 cm³/mol. The molecule has 1 aliphatic carbocycles. The lowest BCUT2D eigenvalue weighted by Gasteiger charge is -2.38. The minimum absolute atomic E-state index is 0.565. The highest BCUT2D eigenvalue weighted by Crippen LogP contribution is 2.48. The van der Waals surface area contributed by atoms with E-state index in [2.05, 4.69) is 101 Å². The molecule has 1 saturated carbocycles. The molecule has 0 atom stereocenters. The summed E-state index contributed by atoms with van der Waals surface area (Å²) in [4.78, 5) is 7.09. The molecule has 0 amide bonds. The first kappa shape index (κ1) is 25.2. The van der Waals surface area contributed by atoms with Crippen LogP contribution in [0, 0.1) is 5.41 Å². The zero-order valence-electron chi connectivity index (χ0n) is 22.1. The molecule has 2 fully saturated rings. The Hall–Kier alpha value is -3.50. The molecule has 1 spiro atoms. The summed E-state index contributed by atoms with van der Waals surface area (Å²) >= 11 is 0. The maximum atomic E-state index is 4.44. The number of anilines is 1. The molecule has 1 saturated heterocycles. The second kappa shape index (κ2) is 11.3. The first-order chi connectivity index (χ1) is 18.1. The fourth-order valence-corrected chi connectivity index (χ4v) is 5.75. The summed E-state index contributed by atoms with van der Waals surface area (Å²) in [5.74, 6) is 0.796. The first-order valence-electron chi connectivity index (χ1n) is 13.5. The molecule has 4 nitrogen and oxygen atoms in total. The highest BCUT2D eigenvalue weighted by Gasteiger charge is 2.42. The fourth-order valence-electron chi connectivity index (χ4n) is 5.75. The Morgan fingerprint density at radius 3 is 2.00 bits per heavy atom. The van der Waals surface area contributed by atoms with Crippen LogP contribution in [-0.4, -0.2) is 37.1 Å². The number of rotatable bonds is 9. The number of likely N-dealkylation sites (tertiary alicyclic amines) is 1. The van der Waals surface area contributed by atoms with Crippen LogP contribution in [0.15, 0.2) is 95.5 Å². The van der Waals surface area contributed by atoms with Gasteiger partial charge in [-0.15, -0.1) is 6.58 Å². The van der Waals surface area contributed by atoms with E-state index in [0.29, 0.717) is 12.0 Å². The van der Waals surface area contributed by atoms with Crippen LogP contribution in [0.5, 0.6) is 0 Å². The molecule has 3 aromatic carbocycles. The number of benzene rings is 3. The first-order valence-corrected chi connectivity index (χ1v) is 13.5. The molecule has 0 aromatic heterocycles. The van der Waals surface area contributed by atoms with Crippen LogP contribution in [0.4, 0.5) is 5.69 Å². The smallest absolute Gasteiger partial charge is 0.122 e. The second-order valence-electron chi connectivity index (χ2n) is 10.7. The Bertz CT molecular complexity index is 1230. The standard InChI is InChI=1S/C33H38N4/c1-4-21-35-26(2)37(34-3)32-16-10-28(11-17-32)23-27-6-12-30(13-7-27)31-14-8-29(9-15-31)24-36-22-20-33(25-36)18-5-19-33/h4,6-17H,1,3,5,18-25H2,2H3. The van der Waals surface area contributed by atoms with Gasteiger partial charge in [-0.2, -0.15) is 5.10 Å². The normalized spacial score (nSPS) is 16.9. The van der Waals surface area contributed by atoms with E-state index in [1.54, 1.807) is 11.1 Å². The zero-order chi connectivity index (χ0) is 25.7. The van der Waals surface area contributed by atoms with Crippen molar-refractivity contribution in [3.8, 4) is 11.1 Å². The van der Waals surface area contributed by atoms with Crippen LogP contribution in [0.3, 0.4) is 0 Å². The summed E-state index contributed by atoms with van der Waals surface area (Å²) in [5, 5.41) is 5.87. The van der Waals surface area contributed by atoms with Crippen LogP contribution in [0.2, 0.25) is 0 Å². The maximum Gasteiger partial charge on any atom is 0.122 e. The van der Waals surface area contributed by atoms with Crippen molar-refractivity contribution in [2.24, 2.45) is 15.5 Å². The molecule has 0 bridgehead atoms. The molecule has 0 radical (unpaired) electrons. The van der Waals surface area contributed by atoms with Crippen LogP contribution in [-0.2, 0) is 13.0 Å². The quantitative estimate of drug-likeness (QED) is 0.136. The number of hydrazone groups is 1. The van der Waals surface area contributed by atoms with Gasteiger partial charge in [-0.3, -0.25) is 9.89 Å². The van der Waals surface area contributed by atoms with Crippen molar-refractivity contribution in [1.29, 1.82) is 0 Å². The van der Waals surface area contributed by atoms with Crippen LogP contribution < -0.4 is 5.01 Å². The van der Waals surface area contributed by atoms with Crippen molar-refractivity contribution in [1.82, 2.24) is 4.90 Å². The summed E-state index contributed by atoms with van der Waals surface area (Å²) in [5.41, 5.74) is 8.16. The summed E-state index contributed by atoms with van der Waals surface area (Å²) < 4.78 is 0. The van der Waals surface area contributed by atoms with E-state index in [0.717, 1.165) is 24.5 Å². The minimum atomic E-state index is 0.565. The Morgan fingerprint density at radius 1 is 0.892 bits per heavy atom. The molecule has 4 heteroatoms. The van der Waals surface area contributed by atoms with Gasteiger partial charge in [0.05, 0.1) is 12.2 Å². The van der Waals surface area contributed by atoms with Gasteiger partial charge in [0.1, 0.15) is 5.84 Å². The van der Waals surface area contributed by atoms with E-state index in [1.165, 1.54) is 66.6 Å². The third-order valence-electron chi connectivity index (χ3n) is 8.07. The molecule has 3 aromatic rings. The topological polar surface area (TPSA) is 31.2 Å². The van der Waals surface area contributed by atoms with E-state index in [1.807, 2.05) is 6.92 Å². The lowest BCUT2D eigenvalue weighted by atomic mass is 9.68. The Balaban J connectivity index is 1.17. The molecule has 2 aliphatic rings. The van der Waals surface area contributed by atoms with Gasteiger partial charge in [0.2, 0.25) is 0 Å². The van der Waals surface area contributed by atoms with Gasteiger partial charge in [0.15, 0.2) is 0 Å². The van der Waals surface area contributed by atoms with Gasteiger partial charge in [0.25, 0.3) is 0 Å². The molecule has 190 valence electrons. The van der Waals surface area contributed by atoms with Crippen molar-refractivity contribution in [3.05, 3.63) is 102 Å². The fraction of sp³-hybridized carbons (Fsp3) is 0.333. The van der Waals surface area contributed by atoms with Gasteiger partial charge in [-0.25, -0.2) is 5.01 Å². The zero-order valence-corrected chi connectivity index (χ0v) is 22.1. The molecule has 0 N–H and O–H groups in total. The van der Waals surface area contributed by atoms with Gasteiger partial charge >= 0.3 is 0 Å². The van der Waals surface area contributed by atoms with Crippen LogP contribution >= 0.6 is 0 Å². The molecule has 5 rings (SSSR count). The molecule has 0 unspecified atom stereocenters. The van der Waals surface area contributed by atoms with Crippen molar-refractivity contribution >= 4 is 18.2 Å². The molecule has 37 heavy (non-hydrogen) atoms. The number of aliphatic imine (C=N–C) groups is 1. The lowest BCUT2D eigenvalue weighted by Crippen LogP contribution is -2.32. The van der Waals surface area contributed by atoms with Crippen LogP contribution in [0.1, 0.15) is 49.3 Å². The van der Waals surface area contributed by atoms with E-state index in [9.17, 15) is 0 Å². The van der Waals surface area contributed by atoms with Crippen LogP contribution in [0.25, 0.3) is 11.1 Å². The van der Waals surface area contributed by atoms with Crippen molar-refractivity contribution in [2.75, 3.05) is 24.6 Å². The molecule has 1 heterocycles. The van der Waals surface area contributed by atoms with Gasteiger partial charge < -0.3 is 0 Å². The maximum absolute atomic E-state index is 4.44. The predicted octanol–water partition coefficient (Wildman–Crippen LogP) is 7.35. The van der Waals surface area contributed by atoms with Gasteiger partial charge in [-0.1, -0.05) is 73.2 Å². The van der Waals surface area contributed by atoms with Crippen molar-refractivity contribution in [2.45, 2.75) is 45.6 Å². The lowest BCUT2D eigenvalue weighted by molar-refractivity contribution is 0.137. The third-order valence-corrected chi connectivity index (χ3v) is 8.07. The monoisotopic (exact) mass is 490 g/mol. The van der Waals surface area contributed by atoms with E-state index in [-0.39, 0.29) is 0 Å². The minimum Gasteiger partial charge on any atom is -0.299 e. The summed E-state index contributed by atoms with van der Waals surface area (Å²) in [6.07, 6.45) is 8.39. The van der Waals surface area contributed by atoms with E-state index < -0.39 is 0 Å². The number of hydrogen-bond acceptors (Lipinski definition) is 3. The third kappa shape index (κ3) is 5.91. The van der Waals surface area contributed by atoms with E-state index in [4.69, 9.17) is 0 Å². The van der Waals surface area contributed by atoms with Gasteiger partial charge in [0, 0.05) is 19.8 Å². The Labute approximate surface area is 222 Å². The van der Waals surface area contributed by atoms with Gasteiger partial charge in [-0.05, 0) is 84.5 Å². The Kier molecular flexibility index (Phi) is 7.66. The molecular formula is C33H38N4. The molecular weight excluding hydrogens is 452 g/mol. The average molecular weight is 491 g/mol. The summed E-state index contributed by atoms with van der Waals surface area (Å²) in [6, 6.07) is 26.6. The van der Waals surface area contributed by atoms with Crippen molar-refractivity contribution < 1.29 is 0 Å². The Morgan fingerprint density at radius 2 is 1.49 bits per heavy atom. The molecule has 1 aliphatic heterocycles. The average Bonchev–Trinajstić information content (AvgIpc) is 3.35. The highest BCUT2D eigenvalue weighted by molar-refractivity contribution is 5.95. The summed E-state index contributed by atoms with van der Waals surface area (Å²) in [7, 11) is 0. The SMILES string of the molecule is C=CCN=C(C)N(N=C)c1ccc(Cc2ccc(-c3ccc(CN4CCC5(CCC5)C4)cc3)cc2)cc1. The number of amidine groups is 1. The summed E-state index contributed by atoms with van der Waals surface area (Å²) in [6.45, 7) is 13.6. The number of hydrogen-bond donors (Lipinski definition) is 0. The highest BCUT2D eigenvalue weighted by atomic mass is 15.5. The van der Waals surface area contributed by atoms with E-state index >= 15 is 0 Å². The number of nitrogens with zero attached hydrogens (tertiary/aromatic N) is 4. The largest absolute Gasteiger partial charge is 0.299 e.